The summed E-state index contributed by atoms with van der Waals surface area (Å²) in [7, 11) is 3.97. The minimum absolute atomic E-state index is 0.0844. The number of carbonyl (C=O) groups is 1. The number of benzene rings is 2. The Hall–Kier alpha value is -3.36. The van der Waals surface area contributed by atoms with Crippen molar-refractivity contribution in [3.63, 3.8) is 0 Å². The van der Waals surface area contributed by atoms with Crippen molar-refractivity contribution in [2.24, 2.45) is 4.99 Å². The van der Waals surface area contributed by atoms with Crippen LogP contribution in [0.4, 0.5) is 5.69 Å². The molecule has 1 aliphatic heterocycles. The van der Waals surface area contributed by atoms with E-state index in [4.69, 9.17) is 4.74 Å². The summed E-state index contributed by atoms with van der Waals surface area (Å²) in [5, 5.41) is 0. The number of esters is 1. The highest BCUT2D eigenvalue weighted by atomic mass is 32.2. The molecule has 0 fully saturated rings. The number of allylic oxidation sites excluding steroid dienone is 1. The minimum atomic E-state index is -0.627. The number of carbonyl (C=O) groups excluding carboxylic acids is 1. The first-order valence-electron chi connectivity index (χ1n) is 11.1. The maximum Gasteiger partial charge on any atom is 0.338 e. The Bertz CT molecular complexity index is 1460. The first-order valence-corrected chi connectivity index (χ1v) is 13.1. The van der Waals surface area contributed by atoms with Crippen LogP contribution in [0.15, 0.2) is 87.1 Å². The van der Waals surface area contributed by atoms with Gasteiger partial charge in [-0.2, -0.15) is 0 Å². The maximum absolute atomic E-state index is 13.7. The van der Waals surface area contributed by atoms with E-state index in [0.29, 0.717) is 20.6 Å². The Kier molecular flexibility index (Phi) is 7.42. The first kappa shape index (κ1) is 24.8. The molecule has 3 aromatic rings. The normalized spacial score (nSPS) is 15.4. The number of fused-ring (bicyclic) bond motifs is 1. The highest BCUT2D eigenvalue weighted by Gasteiger charge is 2.33. The molecule has 0 aliphatic carbocycles. The zero-order valence-corrected chi connectivity index (χ0v) is 21.8. The van der Waals surface area contributed by atoms with Crippen molar-refractivity contribution in [3.8, 4) is 0 Å². The van der Waals surface area contributed by atoms with E-state index in [-0.39, 0.29) is 12.2 Å². The van der Waals surface area contributed by atoms with Gasteiger partial charge < -0.3 is 9.64 Å². The van der Waals surface area contributed by atoms with Gasteiger partial charge in [0.05, 0.1) is 21.8 Å². The summed E-state index contributed by atoms with van der Waals surface area (Å²) in [6.07, 6.45) is 5.39. The predicted molar refractivity (Wildman–Crippen MR) is 144 cm³/mol. The Balaban J connectivity index is 1.88. The molecule has 0 N–H and O–H groups in total. The maximum atomic E-state index is 13.7. The van der Waals surface area contributed by atoms with Crippen molar-refractivity contribution in [3.05, 3.63) is 103 Å². The van der Waals surface area contributed by atoms with Crippen LogP contribution in [0.2, 0.25) is 0 Å². The number of rotatable bonds is 7. The average molecular weight is 506 g/mol. The molecule has 1 aliphatic rings. The van der Waals surface area contributed by atoms with Crippen LogP contribution in [0.25, 0.3) is 6.08 Å². The van der Waals surface area contributed by atoms with Crippen LogP contribution in [-0.2, 0) is 9.53 Å². The summed E-state index contributed by atoms with van der Waals surface area (Å²) in [6, 6.07) is 15.2. The SMILES string of the molecule is C=CCOC(=O)C1=C(C)N=c2sc(=Cc3ccc(N(C)C)cc3)c(=O)n2C1c1ccc(SC)cc1. The molecule has 180 valence electrons. The van der Waals surface area contributed by atoms with Gasteiger partial charge in [0, 0.05) is 24.7 Å². The van der Waals surface area contributed by atoms with Crippen LogP contribution < -0.4 is 19.8 Å². The molecule has 35 heavy (non-hydrogen) atoms. The number of thiazole rings is 1. The van der Waals surface area contributed by atoms with Crippen molar-refractivity contribution < 1.29 is 9.53 Å². The molecule has 4 rings (SSSR count). The molecule has 0 radical (unpaired) electrons. The quantitative estimate of drug-likeness (QED) is 0.278. The van der Waals surface area contributed by atoms with Gasteiger partial charge >= 0.3 is 5.97 Å². The lowest BCUT2D eigenvalue weighted by Gasteiger charge is -2.24. The van der Waals surface area contributed by atoms with Crippen molar-refractivity contribution >= 4 is 40.8 Å². The number of nitrogens with zero attached hydrogens (tertiary/aromatic N) is 3. The van der Waals surface area contributed by atoms with E-state index in [0.717, 1.165) is 21.7 Å². The molecule has 0 spiro atoms. The van der Waals surface area contributed by atoms with Crippen LogP contribution in [0.5, 0.6) is 0 Å². The fourth-order valence-electron chi connectivity index (χ4n) is 3.92. The molecule has 8 heteroatoms. The largest absolute Gasteiger partial charge is 0.458 e. The molecule has 2 aromatic carbocycles. The van der Waals surface area contributed by atoms with Gasteiger partial charge in [-0.3, -0.25) is 9.36 Å². The lowest BCUT2D eigenvalue weighted by molar-refractivity contribution is -0.138. The summed E-state index contributed by atoms with van der Waals surface area (Å²) < 4.78 is 7.55. The van der Waals surface area contributed by atoms with Gasteiger partial charge in [-0.1, -0.05) is 48.3 Å². The molecule has 6 nitrogen and oxygen atoms in total. The van der Waals surface area contributed by atoms with E-state index < -0.39 is 12.0 Å². The van der Waals surface area contributed by atoms with Crippen molar-refractivity contribution in [1.29, 1.82) is 0 Å². The fraction of sp³-hybridized carbons (Fsp3) is 0.222. The Morgan fingerprint density at radius 2 is 1.89 bits per heavy atom. The van der Waals surface area contributed by atoms with Gasteiger partial charge in [-0.15, -0.1) is 11.8 Å². The standard InChI is InChI=1S/C27H27N3O3S2/c1-6-15-33-26(32)23-17(2)28-27-30(24(23)19-9-13-21(34-5)14-10-19)25(31)22(35-27)16-18-7-11-20(12-8-18)29(3)4/h6-14,16,24H,1,15H2,2-5H3. The van der Waals surface area contributed by atoms with Crippen LogP contribution in [0.1, 0.15) is 24.1 Å². The second kappa shape index (κ2) is 10.5. The monoisotopic (exact) mass is 505 g/mol. The van der Waals surface area contributed by atoms with Gasteiger partial charge in [0.1, 0.15) is 6.61 Å². The highest BCUT2D eigenvalue weighted by molar-refractivity contribution is 7.98. The molecular weight excluding hydrogens is 478 g/mol. The summed E-state index contributed by atoms with van der Waals surface area (Å²) >= 11 is 2.95. The third-order valence-electron chi connectivity index (χ3n) is 5.71. The van der Waals surface area contributed by atoms with Gasteiger partial charge in [-0.05, 0) is 54.6 Å². The van der Waals surface area contributed by atoms with Crippen LogP contribution in [-0.4, -0.2) is 37.5 Å². The summed E-state index contributed by atoms with van der Waals surface area (Å²) in [5.74, 6) is -0.501. The highest BCUT2D eigenvalue weighted by Crippen LogP contribution is 2.31. The third kappa shape index (κ3) is 5.04. The lowest BCUT2D eigenvalue weighted by atomic mass is 9.96. The molecule has 0 saturated carbocycles. The number of anilines is 1. The number of aromatic nitrogens is 1. The van der Waals surface area contributed by atoms with Gasteiger partial charge in [0.15, 0.2) is 4.80 Å². The molecule has 0 bridgehead atoms. The topological polar surface area (TPSA) is 63.9 Å². The van der Waals surface area contributed by atoms with E-state index in [9.17, 15) is 9.59 Å². The first-order chi connectivity index (χ1) is 16.8. The Morgan fingerprint density at radius 1 is 1.20 bits per heavy atom. The van der Waals surface area contributed by atoms with Crippen molar-refractivity contribution in [2.75, 3.05) is 31.9 Å². The van der Waals surface area contributed by atoms with E-state index in [1.165, 1.54) is 17.4 Å². The molecule has 2 heterocycles. The predicted octanol–water partition coefficient (Wildman–Crippen LogP) is 3.75. The number of ether oxygens (including phenoxy) is 1. The van der Waals surface area contributed by atoms with Crippen molar-refractivity contribution in [2.45, 2.75) is 17.9 Å². The van der Waals surface area contributed by atoms with Gasteiger partial charge in [0.25, 0.3) is 5.56 Å². The molecule has 1 aromatic heterocycles. The Morgan fingerprint density at radius 3 is 2.49 bits per heavy atom. The average Bonchev–Trinajstić information content (AvgIpc) is 3.16. The minimum Gasteiger partial charge on any atom is -0.458 e. The van der Waals surface area contributed by atoms with E-state index in [2.05, 4.69) is 11.6 Å². The summed E-state index contributed by atoms with van der Waals surface area (Å²) in [5.41, 5.74) is 3.54. The van der Waals surface area contributed by atoms with Gasteiger partial charge in [0.2, 0.25) is 0 Å². The molecule has 0 amide bonds. The second-order valence-electron chi connectivity index (χ2n) is 8.23. The van der Waals surface area contributed by atoms with Gasteiger partial charge in [-0.25, -0.2) is 9.79 Å². The van der Waals surface area contributed by atoms with E-state index in [1.54, 1.807) is 23.3 Å². The molecular formula is C27H27N3O3S2. The van der Waals surface area contributed by atoms with Crippen LogP contribution in [0.3, 0.4) is 0 Å². The Labute approximate surface area is 212 Å². The second-order valence-corrected chi connectivity index (χ2v) is 10.1. The summed E-state index contributed by atoms with van der Waals surface area (Å²) in [4.78, 5) is 35.0. The smallest absolute Gasteiger partial charge is 0.338 e. The van der Waals surface area contributed by atoms with E-state index in [1.807, 2.05) is 79.9 Å². The number of hydrogen-bond donors (Lipinski definition) is 0. The zero-order chi connectivity index (χ0) is 25.1. The number of thioether (sulfide) groups is 1. The van der Waals surface area contributed by atoms with Crippen molar-refractivity contribution in [1.82, 2.24) is 4.57 Å². The fourth-order valence-corrected chi connectivity index (χ4v) is 5.37. The molecule has 1 atom stereocenters. The molecule has 0 saturated heterocycles. The van der Waals surface area contributed by atoms with E-state index >= 15 is 0 Å². The van der Waals surface area contributed by atoms with Crippen LogP contribution >= 0.6 is 23.1 Å². The zero-order valence-electron chi connectivity index (χ0n) is 20.1. The third-order valence-corrected chi connectivity index (χ3v) is 7.44. The molecule has 1 unspecified atom stereocenters. The lowest BCUT2D eigenvalue weighted by Crippen LogP contribution is -2.39. The summed E-state index contributed by atoms with van der Waals surface area (Å²) in [6.45, 7) is 5.49. The van der Waals surface area contributed by atoms with Crippen LogP contribution in [0, 0.1) is 0 Å². The number of hydrogen-bond acceptors (Lipinski definition) is 7.